The van der Waals surface area contributed by atoms with Gasteiger partial charge in [0.25, 0.3) is 0 Å². The van der Waals surface area contributed by atoms with Crippen LogP contribution in [0, 0.1) is 0 Å². The second-order valence-electron chi connectivity index (χ2n) is 4.10. The van der Waals surface area contributed by atoms with Gasteiger partial charge in [-0.25, -0.2) is 4.98 Å². The fraction of sp³-hybridized carbons (Fsp3) is 0.462. The summed E-state index contributed by atoms with van der Waals surface area (Å²) < 4.78 is 12.4. The molecule has 4 nitrogen and oxygen atoms in total. The van der Waals surface area contributed by atoms with Gasteiger partial charge >= 0.3 is 0 Å². The Morgan fingerprint density at radius 1 is 1.05 bits per heavy atom. The molecule has 0 aliphatic carbocycles. The molecule has 0 aliphatic heterocycles. The molecule has 0 bridgehead atoms. The third kappa shape index (κ3) is 4.04. The maximum Gasteiger partial charge on any atom is 0.181 e. The Bertz CT molecular complexity index is 516. The molecule has 7 heteroatoms. The fourth-order valence-electron chi connectivity index (χ4n) is 1.65. The van der Waals surface area contributed by atoms with Gasteiger partial charge in [-0.3, -0.25) is 0 Å². The van der Waals surface area contributed by atoms with Gasteiger partial charge < -0.3 is 15.2 Å². The number of thiazole rings is 1. The van der Waals surface area contributed by atoms with Gasteiger partial charge in [0.2, 0.25) is 0 Å². The van der Waals surface area contributed by atoms with E-state index in [9.17, 15) is 0 Å². The number of halogens is 2. The van der Waals surface area contributed by atoms with Crippen molar-refractivity contribution in [2.24, 2.45) is 0 Å². The van der Waals surface area contributed by atoms with Gasteiger partial charge in [-0.15, -0.1) is 23.2 Å². The van der Waals surface area contributed by atoms with Crippen LogP contribution in [0.25, 0.3) is 10.2 Å². The molecule has 1 aromatic heterocycles. The zero-order valence-corrected chi connectivity index (χ0v) is 13.2. The second kappa shape index (κ2) is 7.76. The molecule has 2 aromatic rings. The molecule has 0 spiro atoms. The van der Waals surface area contributed by atoms with Crippen molar-refractivity contribution in [3.63, 3.8) is 0 Å². The fourth-order valence-corrected chi connectivity index (χ4v) is 2.62. The Morgan fingerprint density at radius 3 is 2.25 bits per heavy atom. The van der Waals surface area contributed by atoms with Gasteiger partial charge in [-0.05, 0) is 12.8 Å². The first-order valence-electron chi connectivity index (χ1n) is 6.32. The van der Waals surface area contributed by atoms with Crippen LogP contribution in [-0.4, -0.2) is 30.0 Å². The van der Waals surface area contributed by atoms with Crippen molar-refractivity contribution in [2.75, 3.05) is 30.7 Å². The Kier molecular flexibility index (Phi) is 6.01. The zero-order valence-electron chi connectivity index (χ0n) is 10.9. The molecule has 0 unspecified atom stereocenters. The van der Waals surface area contributed by atoms with E-state index in [-0.39, 0.29) is 0 Å². The number of nitrogen functional groups attached to an aromatic ring is 1. The van der Waals surface area contributed by atoms with Crippen molar-refractivity contribution >= 4 is 49.9 Å². The van der Waals surface area contributed by atoms with Crippen molar-refractivity contribution in [3.8, 4) is 11.5 Å². The zero-order chi connectivity index (χ0) is 14.4. The van der Waals surface area contributed by atoms with Crippen molar-refractivity contribution in [2.45, 2.75) is 12.8 Å². The van der Waals surface area contributed by atoms with Crippen LogP contribution < -0.4 is 15.2 Å². The number of fused-ring (bicyclic) bond motifs is 1. The van der Waals surface area contributed by atoms with Crippen molar-refractivity contribution < 1.29 is 9.47 Å². The lowest BCUT2D eigenvalue weighted by Crippen LogP contribution is -2.03. The van der Waals surface area contributed by atoms with E-state index in [4.69, 9.17) is 38.4 Å². The normalized spacial score (nSPS) is 10.9. The lowest BCUT2D eigenvalue weighted by atomic mass is 10.3. The maximum absolute atomic E-state index is 5.72. The third-order valence-electron chi connectivity index (χ3n) is 2.54. The van der Waals surface area contributed by atoms with Crippen LogP contribution in [0.1, 0.15) is 12.8 Å². The first-order chi connectivity index (χ1) is 9.74. The van der Waals surface area contributed by atoms with E-state index < -0.39 is 0 Å². The molecular formula is C13H16Cl2N2O2S. The molecule has 0 radical (unpaired) electrons. The Hall–Kier alpha value is -0.910. The quantitative estimate of drug-likeness (QED) is 0.587. The molecule has 0 saturated carbocycles. The van der Waals surface area contributed by atoms with Crippen molar-refractivity contribution in [1.82, 2.24) is 4.98 Å². The van der Waals surface area contributed by atoms with E-state index >= 15 is 0 Å². The largest absolute Gasteiger partial charge is 0.490 e. The number of hydrogen-bond acceptors (Lipinski definition) is 5. The lowest BCUT2D eigenvalue weighted by Gasteiger charge is -2.12. The minimum atomic E-state index is 0.532. The van der Waals surface area contributed by atoms with Crippen LogP contribution in [0.2, 0.25) is 0 Å². The number of ether oxygens (including phenoxy) is 2. The van der Waals surface area contributed by atoms with Crippen LogP contribution in [0.5, 0.6) is 11.5 Å². The average Bonchev–Trinajstić information content (AvgIpc) is 2.78. The SMILES string of the molecule is Nc1nc2cc(OCCCCl)c(OCCCCl)cc2s1. The highest BCUT2D eigenvalue weighted by Gasteiger charge is 2.11. The molecule has 0 amide bonds. The van der Waals surface area contributed by atoms with Gasteiger partial charge in [-0.1, -0.05) is 11.3 Å². The molecule has 110 valence electrons. The topological polar surface area (TPSA) is 57.4 Å². The van der Waals surface area contributed by atoms with Crippen molar-refractivity contribution in [1.29, 1.82) is 0 Å². The minimum absolute atomic E-state index is 0.532. The molecule has 1 heterocycles. The molecule has 0 aliphatic rings. The summed E-state index contributed by atoms with van der Waals surface area (Å²) in [4.78, 5) is 4.25. The van der Waals surface area contributed by atoms with E-state index in [1.54, 1.807) is 0 Å². The summed E-state index contributed by atoms with van der Waals surface area (Å²) in [5.41, 5.74) is 6.54. The van der Waals surface area contributed by atoms with E-state index in [1.807, 2.05) is 12.1 Å². The van der Waals surface area contributed by atoms with E-state index in [2.05, 4.69) is 4.98 Å². The van der Waals surface area contributed by atoms with Gasteiger partial charge in [0.15, 0.2) is 16.6 Å². The molecule has 20 heavy (non-hydrogen) atoms. The predicted molar refractivity (Wildman–Crippen MR) is 85.7 cm³/mol. The highest BCUT2D eigenvalue weighted by Crippen LogP contribution is 2.36. The smallest absolute Gasteiger partial charge is 0.181 e. The molecule has 2 rings (SSSR count). The molecule has 0 atom stereocenters. The molecule has 0 fully saturated rings. The van der Waals surface area contributed by atoms with Crippen LogP contribution in [0.4, 0.5) is 5.13 Å². The minimum Gasteiger partial charge on any atom is -0.490 e. The third-order valence-corrected chi connectivity index (χ3v) is 3.92. The Labute approximate surface area is 131 Å². The van der Waals surface area contributed by atoms with Gasteiger partial charge in [0, 0.05) is 23.9 Å². The first-order valence-corrected chi connectivity index (χ1v) is 8.20. The number of nitrogens with two attached hydrogens (primary N) is 1. The summed E-state index contributed by atoms with van der Waals surface area (Å²) in [6.07, 6.45) is 1.56. The van der Waals surface area contributed by atoms with Crippen LogP contribution in [0.15, 0.2) is 12.1 Å². The number of hydrogen-bond donors (Lipinski definition) is 1. The van der Waals surface area contributed by atoms with E-state index in [0.717, 1.165) is 23.1 Å². The second-order valence-corrected chi connectivity index (χ2v) is 5.92. The molecule has 2 N–H and O–H groups in total. The summed E-state index contributed by atoms with van der Waals surface area (Å²) in [6, 6.07) is 3.76. The van der Waals surface area contributed by atoms with Gasteiger partial charge in [-0.2, -0.15) is 0 Å². The summed E-state index contributed by atoms with van der Waals surface area (Å²) in [5.74, 6) is 2.50. The Morgan fingerprint density at radius 2 is 1.65 bits per heavy atom. The number of alkyl halides is 2. The van der Waals surface area contributed by atoms with Gasteiger partial charge in [0.1, 0.15) is 0 Å². The average molecular weight is 335 g/mol. The van der Waals surface area contributed by atoms with Crippen LogP contribution >= 0.6 is 34.5 Å². The van der Waals surface area contributed by atoms with E-state index in [0.29, 0.717) is 41.6 Å². The molecular weight excluding hydrogens is 319 g/mol. The first kappa shape index (κ1) is 15.5. The van der Waals surface area contributed by atoms with E-state index in [1.165, 1.54) is 11.3 Å². The maximum atomic E-state index is 5.72. The number of anilines is 1. The van der Waals surface area contributed by atoms with Gasteiger partial charge in [0.05, 0.1) is 23.4 Å². The number of aromatic nitrogens is 1. The molecule has 0 saturated heterocycles. The van der Waals surface area contributed by atoms with Crippen LogP contribution in [-0.2, 0) is 0 Å². The number of nitrogens with zero attached hydrogens (tertiary/aromatic N) is 1. The summed E-state index contributed by atoms with van der Waals surface area (Å²) in [6.45, 7) is 1.09. The summed E-state index contributed by atoms with van der Waals surface area (Å²) >= 11 is 12.7. The number of benzene rings is 1. The Balaban J connectivity index is 2.21. The van der Waals surface area contributed by atoms with Crippen molar-refractivity contribution in [3.05, 3.63) is 12.1 Å². The highest BCUT2D eigenvalue weighted by molar-refractivity contribution is 7.22. The summed E-state index contributed by atoms with van der Waals surface area (Å²) in [7, 11) is 0. The molecule has 1 aromatic carbocycles. The monoisotopic (exact) mass is 334 g/mol. The summed E-state index contributed by atoms with van der Waals surface area (Å²) in [5, 5.41) is 0.532. The highest BCUT2D eigenvalue weighted by atomic mass is 35.5. The lowest BCUT2D eigenvalue weighted by molar-refractivity contribution is 0.270. The standard InChI is InChI=1S/C13H16Cl2N2O2S/c14-3-1-5-18-10-7-9-12(20-13(16)17-9)8-11(10)19-6-2-4-15/h7-8H,1-6H2,(H2,16,17). The van der Waals surface area contributed by atoms with Crippen LogP contribution in [0.3, 0.4) is 0 Å². The number of rotatable bonds is 8. The predicted octanol–water partition coefficient (Wildman–Crippen LogP) is 3.89.